The van der Waals surface area contributed by atoms with Crippen LogP contribution in [0.4, 0.5) is 11.5 Å². The first-order chi connectivity index (χ1) is 9.00. The van der Waals surface area contributed by atoms with Gasteiger partial charge in [-0.2, -0.15) is 0 Å². The second-order valence-corrected chi connectivity index (χ2v) is 5.16. The Bertz CT molecular complexity index is 458. The van der Waals surface area contributed by atoms with E-state index in [0.29, 0.717) is 5.69 Å². The molecule has 2 N–H and O–H groups in total. The number of aromatic nitrogens is 1. The highest BCUT2D eigenvalue weighted by molar-refractivity contribution is 5.94. The number of carbonyl (C=O) groups is 1. The highest BCUT2D eigenvalue weighted by Gasteiger charge is 2.33. The van der Waals surface area contributed by atoms with Gasteiger partial charge in [0.2, 0.25) is 0 Å². The maximum atomic E-state index is 11.9. The van der Waals surface area contributed by atoms with Gasteiger partial charge in [-0.1, -0.05) is 0 Å². The summed E-state index contributed by atoms with van der Waals surface area (Å²) in [5, 5.41) is 5.95. The minimum atomic E-state index is -0.212. The first-order valence-electron chi connectivity index (χ1n) is 6.27. The number of nitrogens with zero attached hydrogens (tertiary/aromatic N) is 2. The molecule has 1 aliphatic heterocycles. The molecule has 19 heavy (non-hydrogen) atoms. The van der Waals surface area contributed by atoms with Crippen molar-refractivity contribution < 1.29 is 9.53 Å². The topological polar surface area (TPSA) is 66.5 Å². The van der Waals surface area contributed by atoms with Crippen LogP contribution in [0.5, 0.6) is 0 Å². The van der Waals surface area contributed by atoms with E-state index >= 15 is 0 Å². The molecule has 6 nitrogen and oxygen atoms in total. The van der Waals surface area contributed by atoms with Gasteiger partial charge in [0.1, 0.15) is 6.61 Å². The molecule has 1 aromatic rings. The van der Waals surface area contributed by atoms with Crippen LogP contribution < -0.4 is 15.5 Å². The summed E-state index contributed by atoms with van der Waals surface area (Å²) in [6, 6.07) is 3.62. The van der Waals surface area contributed by atoms with Crippen LogP contribution in [0.3, 0.4) is 0 Å². The molecular formula is C13H20N4O2. The van der Waals surface area contributed by atoms with E-state index in [1.54, 1.807) is 12.3 Å². The standard InChI is InChI=1S/C13H20N4O2/c1-13(8-14-9-13)19-7-11(18)16-10-5-4-6-15-12(10)17(2)3/h4-6,14H,7-9H2,1-3H3,(H,16,18). The van der Waals surface area contributed by atoms with E-state index in [0.717, 1.165) is 18.9 Å². The number of hydrogen-bond acceptors (Lipinski definition) is 5. The van der Waals surface area contributed by atoms with Gasteiger partial charge in [0, 0.05) is 33.4 Å². The molecule has 0 bridgehead atoms. The van der Waals surface area contributed by atoms with Crippen LogP contribution in [0, 0.1) is 0 Å². The van der Waals surface area contributed by atoms with Crippen LogP contribution in [0.1, 0.15) is 6.92 Å². The van der Waals surface area contributed by atoms with Crippen LogP contribution in [0.25, 0.3) is 0 Å². The minimum absolute atomic E-state index is 0.0555. The number of nitrogens with one attached hydrogen (secondary N) is 2. The lowest BCUT2D eigenvalue weighted by Crippen LogP contribution is -2.59. The van der Waals surface area contributed by atoms with Gasteiger partial charge in [-0.25, -0.2) is 4.98 Å². The normalized spacial score (nSPS) is 16.6. The van der Waals surface area contributed by atoms with Crippen LogP contribution in [-0.4, -0.2) is 50.3 Å². The summed E-state index contributed by atoms with van der Waals surface area (Å²) in [4.78, 5) is 18.0. The van der Waals surface area contributed by atoms with Crippen molar-refractivity contribution in [3.05, 3.63) is 18.3 Å². The van der Waals surface area contributed by atoms with E-state index in [-0.39, 0.29) is 18.1 Å². The van der Waals surface area contributed by atoms with E-state index < -0.39 is 0 Å². The third-order valence-corrected chi connectivity index (χ3v) is 3.03. The first-order valence-corrected chi connectivity index (χ1v) is 6.27. The fourth-order valence-electron chi connectivity index (χ4n) is 1.86. The lowest BCUT2D eigenvalue weighted by atomic mass is 10.0. The number of hydrogen-bond donors (Lipinski definition) is 2. The molecule has 1 fully saturated rings. The molecule has 0 aromatic carbocycles. The van der Waals surface area contributed by atoms with E-state index in [9.17, 15) is 4.79 Å². The predicted octanol–water partition coefficient (Wildman–Crippen LogP) is 0.465. The monoisotopic (exact) mass is 264 g/mol. The average Bonchev–Trinajstić information content (AvgIpc) is 2.34. The maximum Gasteiger partial charge on any atom is 0.250 e. The Morgan fingerprint density at radius 3 is 2.89 bits per heavy atom. The lowest BCUT2D eigenvalue weighted by molar-refractivity contribution is -0.130. The zero-order valence-corrected chi connectivity index (χ0v) is 11.6. The van der Waals surface area contributed by atoms with E-state index in [2.05, 4.69) is 15.6 Å². The molecule has 1 amide bonds. The minimum Gasteiger partial charge on any atom is -0.363 e. The summed E-state index contributed by atoms with van der Waals surface area (Å²) in [6.45, 7) is 3.62. The van der Waals surface area contributed by atoms with Gasteiger partial charge in [0.05, 0.1) is 11.3 Å². The van der Waals surface area contributed by atoms with Gasteiger partial charge in [-0.3, -0.25) is 4.79 Å². The van der Waals surface area contributed by atoms with Crippen molar-refractivity contribution >= 4 is 17.4 Å². The van der Waals surface area contributed by atoms with E-state index in [1.807, 2.05) is 32.0 Å². The molecule has 0 atom stereocenters. The zero-order chi connectivity index (χ0) is 13.9. The second kappa shape index (κ2) is 5.54. The molecule has 0 radical (unpaired) electrons. The number of pyridine rings is 1. The number of ether oxygens (including phenoxy) is 1. The summed E-state index contributed by atoms with van der Waals surface area (Å²) >= 11 is 0. The van der Waals surface area contributed by atoms with Gasteiger partial charge in [-0.15, -0.1) is 0 Å². The first kappa shape index (κ1) is 13.8. The SMILES string of the molecule is CN(C)c1ncccc1NC(=O)COC1(C)CNC1. The molecule has 0 spiro atoms. The van der Waals surface area contributed by atoms with Crippen LogP contribution in [0.2, 0.25) is 0 Å². The largest absolute Gasteiger partial charge is 0.363 e. The van der Waals surface area contributed by atoms with E-state index in [1.165, 1.54) is 0 Å². The summed E-state index contributed by atoms with van der Waals surface area (Å²) in [7, 11) is 3.77. The summed E-state index contributed by atoms with van der Waals surface area (Å²) < 4.78 is 5.59. The highest BCUT2D eigenvalue weighted by atomic mass is 16.5. The Balaban J connectivity index is 1.91. The number of amides is 1. The smallest absolute Gasteiger partial charge is 0.250 e. The fraction of sp³-hybridized carbons (Fsp3) is 0.538. The molecule has 104 valence electrons. The van der Waals surface area contributed by atoms with Crippen molar-refractivity contribution in [1.82, 2.24) is 10.3 Å². The van der Waals surface area contributed by atoms with Crippen molar-refractivity contribution in [2.75, 3.05) is 44.0 Å². The Kier molecular flexibility index (Phi) is 4.01. The lowest BCUT2D eigenvalue weighted by Gasteiger charge is -2.38. The summed E-state index contributed by atoms with van der Waals surface area (Å²) in [5.74, 6) is 0.566. The zero-order valence-electron chi connectivity index (χ0n) is 11.6. The van der Waals surface area contributed by atoms with Crippen molar-refractivity contribution in [3.63, 3.8) is 0 Å². The number of anilines is 2. The fourth-order valence-corrected chi connectivity index (χ4v) is 1.86. The molecule has 2 rings (SSSR count). The van der Waals surface area contributed by atoms with Crippen LogP contribution >= 0.6 is 0 Å². The predicted molar refractivity (Wildman–Crippen MR) is 74.4 cm³/mol. The molecule has 0 saturated carbocycles. The molecule has 2 heterocycles. The molecule has 1 aliphatic rings. The molecule has 0 aliphatic carbocycles. The van der Waals surface area contributed by atoms with Crippen molar-refractivity contribution in [1.29, 1.82) is 0 Å². The molecule has 6 heteroatoms. The number of rotatable bonds is 5. The quantitative estimate of drug-likeness (QED) is 0.809. The van der Waals surface area contributed by atoms with Gasteiger partial charge in [0.15, 0.2) is 5.82 Å². The van der Waals surface area contributed by atoms with Crippen molar-refractivity contribution in [2.45, 2.75) is 12.5 Å². The maximum absolute atomic E-state index is 11.9. The molecular weight excluding hydrogens is 244 g/mol. The van der Waals surface area contributed by atoms with Crippen molar-refractivity contribution in [3.8, 4) is 0 Å². The Hall–Kier alpha value is -1.66. The third kappa shape index (κ3) is 3.42. The molecule has 0 unspecified atom stereocenters. The highest BCUT2D eigenvalue weighted by Crippen LogP contribution is 2.20. The van der Waals surface area contributed by atoms with Crippen molar-refractivity contribution in [2.24, 2.45) is 0 Å². The summed E-state index contributed by atoms with van der Waals surface area (Å²) in [5.41, 5.74) is 0.481. The van der Waals surface area contributed by atoms with Crippen LogP contribution in [-0.2, 0) is 9.53 Å². The third-order valence-electron chi connectivity index (χ3n) is 3.03. The molecule has 1 saturated heterocycles. The van der Waals surface area contributed by atoms with Gasteiger partial charge in [-0.05, 0) is 19.1 Å². The second-order valence-electron chi connectivity index (χ2n) is 5.16. The average molecular weight is 264 g/mol. The Morgan fingerprint density at radius 2 is 2.32 bits per heavy atom. The van der Waals surface area contributed by atoms with Gasteiger partial charge in [0.25, 0.3) is 5.91 Å². The van der Waals surface area contributed by atoms with E-state index in [4.69, 9.17) is 4.74 Å². The Labute approximate surface area is 113 Å². The molecule has 1 aromatic heterocycles. The van der Waals surface area contributed by atoms with Crippen LogP contribution in [0.15, 0.2) is 18.3 Å². The number of carbonyl (C=O) groups excluding carboxylic acids is 1. The van der Waals surface area contributed by atoms with Gasteiger partial charge < -0.3 is 20.3 Å². The summed E-state index contributed by atoms with van der Waals surface area (Å²) in [6.07, 6.45) is 1.70. The Morgan fingerprint density at radius 1 is 1.58 bits per heavy atom. The van der Waals surface area contributed by atoms with Gasteiger partial charge >= 0.3 is 0 Å².